The highest BCUT2D eigenvalue weighted by Gasteiger charge is 2.07. The summed E-state index contributed by atoms with van der Waals surface area (Å²) in [5.74, 6) is 0.396. The molecule has 13 heavy (non-hydrogen) atoms. The molecule has 0 atom stereocenters. The third kappa shape index (κ3) is 2.82. The number of carbonyl (C=O) groups is 1. The molecule has 0 N–H and O–H groups in total. The van der Waals surface area contributed by atoms with Crippen LogP contribution in [-0.2, 0) is 0 Å². The fraction of sp³-hybridized carbons (Fsp3) is 0.300. The Morgan fingerprint density at radius 2 is 2.00 bits per heavy atom. The van der Waals surface area contributed by atoms with E-state index in [2.05, 4.69) is 29.8 Å². The third-order valence-corrected chi connectivity index (χ3v) is 2.49. The average molecular weight is 262 g/mol. The average Bonchev–Trinajstić information content (AvgIpc) is 2.03. The number of carbonyl (C=O) groups excluding carboxylic acids is 1. The van der Waals surface area contributed by atoms with Crippen LogP contribution < -0.4 is 0 Å². The monoisotopic (exact) mass is 260 g/mol. The second kappa shape index (κ2) is 4.25. The lowest BCUT2D eigenvalue weighted by Gasteiger charge is -2.07. The van der Waals surface area contributed by atoms with Crippen LogP contribution in [0.25, 0.3) is 0 Å². The van der Waals surface area contributed by atoms with E-state index in [1.165, 1.54) is 0 Å². The molecule has 0 saturated carbocycles. The van der Waals surface area contributed by atoms with Crippen LogP contribution >= 0.6 is 27.5 Å². The van der Waals surface area contributed by atoms with Crippen molar-refractivity contribution < 1.29 is 4.79 Å². The highest BCUT2D eigenvalue weighted by atomic mass is 79.9. The number of hydrogen-bond donors (Lipinski definition) is 0. The summed E-state index contributed by atoms with van der Waals surface area (Å²) < 4.78 is 0.891. The normalized spacial score (nSPS) is 10.5. The minimum Gasteiger partial charge on any atom is -0.276 e. The third-order valence-electron chi connectivity index (χ3n) is 1.81. The van der Waals surface area contributed by atoms with Crippen molar-refractivity contribution in [1.29, 1.82) is 0 Å². The van der Waals surface area contributed by atoms with Gasteiger partial charge in [-0.2, -0.15) is 0 Å². The highest BCUT2D eigenvalue weighted by Crippen LogP contribution is 2.22. The fourth-order valence-electron chi connectivity index (χ4n) is 1.06. The predicted octanol–water partition coefficient (Wildman–Crippen LogP) is 3.95. The van der Waals surface area contributed by atoms with Crippen LogP contribution in [0.3, 0.4) is 0 Å². The van der Waals surface area contributed by atoms with Crippen LogP contribution in [0.2, 0.25) is 0 Å². The van der Waals surface area contributed by atoms with Gasteiger partial charge in [0.25, 0.3) is 5.24 Å². The van der Waals surface area contributed by atoms with E-state index in [1.54, 1.807) is 6.07 Å². The molecule has 1 rings (SSSR count). The second-order valence-corrected chi connectivity index (χ2v) is 4.46. The zero-order chi connectivity index (χ0) is 10.0. The van der Waals surface area contributed by atoms with E-state index in [1.807, 2.05) is 12.1 Å². The molecular weight excluding hydrogens is 251 g/mol. The molecular formula is C10H10BrClO. The fourth-order valence-corrected chi connectivity index (χ4v) is 1.68. The first-order valence-electron chi connectivity index (χ1n) is 4.01. The van der Waals surface area contributed by atoms with Crippen molar-refractivity contribution in [2.75, 3.05) is 0 Å². The minimum atomic E-state index is -0.414. The number of hydrogen-bond acceptors (Lipinski definition) is 1. The zero-order valence-corrected chi connectivity index (χ0v) is 9.82. The molecule has 0 unspecified atom stereocenters. The van der Waals surface area contributed by atoms with Gasteiger partial charge < -0.3 is 0 Å². The minimum absolute atomic E-state index is 0.396. The lowest BCUT2D eigenvalue weighted by Crippen LogP contribution is -1.94. The van der Waals surface area contributed by atoms with Crippen LogP contribution in [0.4, 0.5) is 0 Å². The molecule has 0 bridgehead atoms. The lowest BCUT2D eigenvalue weighted by molar-refractivity contribution is 0.108. The lowest BCUT2D eigenvalue weighted by atomic mass is 10.0. The molecule has 0 amide bonds. The summed E-state index contributed by atoms with van der Waals surface area (Å²) in [6.07, 6.45) is 0. The van der Waals surface area contributed by atoms with Crippen LogP contribution in [0, 0.1) is 0 Å². The molecule has 0 aromatic heterocycles. The topological polar surface area (TPSA) is 17.1 Å². The second-order valence-electron chi connectivity index (χ2n) is 3.20. The van der Waals surface area contributed by atoms with Crippen molar-refractivity contribution in [1.82, 2.24) is 0 Å². The zero-order valence-electron chi connectivity index (χ0n) is 7.47. The molecule has 1 aromatic carbocycles. The molecule has 0 heterocycles. The Balaban J connectivity index is 3.19. The highest BCUT2D eigenvalue weighted by molar-refractivity contribution is 9.10. The van der Waals surface area contributed by atoms with E-state index >= 15 is 0 Å². The Bertz CT molecular complexity index is 334. The van der Waals surface area contributed by atoms with E-state index in [0.717, 1.165) is 10.0 Å². The number of benzene rings is 1. The number of halogens is 2. The van der Waals surface area contributed by atoms with E-state index in [0.29, 0.717) is 11.5 Å². The Morgan fingerprint density at radius 1 is 1.38 bits per heavy atom. The molecule has 0 radical (unpaired) electrons. The largest absolute Gasteiger partial charge is 0.276 e. The molecule has 70 valence electrons. The van der Waals surface area contributed by atoms with Gasteiger partial charge in [-0.15, -0.1) is 0 Å². The molecule has 3 heteroatoms. The standard InChI is InChI=1S/C10H10BrClO/c1-6(2)7-3-8(10(12)13)5-9(11)4-7/h3-6H,1-2H3. The molecule has 0 aliphatic carbocycles. The molecule has 0 aliphatic rings. The van der Waals surface area contributed by atoms with Crippen LogP contribution in [-0.4, -0.2) is 5.24 Å². The Labute approximate surface area is 91.2 Å². The van der Waals surface area contributed by atoms with Gasteiger partial charge in [0.2, 0.25) is 0 Å². The van der Waals surface area contributed by atoms with E-state index in [4.69, 9.17) is 11.6 Å². The molecule has 1 nitrogen and oxygen atoms in total. The first kappa shape index (κ1) is 10.7. The molecule has 0 aliphatic heterocycles. The first-order chi connectivity index (χ1) is 6.00. The van der Waals surface area contributed by atoms with E-state index in [9.17, 15) is 4.79 Å². The smallest absolute Gasteiger partial charge is 0.252 e. The van der Waals surface area contributed by atoms with E-state index in [-0.39, 0.29) is 0 Å². The van der Waals surface area contributed by atoms with E-state index < -0.39 is 5.24 Å². The van der Waals surface area contributed by atoms with Gasteiger partial charge in [-0.05, 0) is 41.3 Å². The van der Waals surface area contributed by atoms with Crippen LogP contribution in [0.5, 0.6) is 0 Å². The van der Waals surface area contributed by atoms with Gasteiger partial charge in [-0.1, -0.05) is 29.8 Å². The quantitative estimate of drug-likeness (QED) is 0.737. The summed E-state index contributed by atoms with van der Waals surface area (Å²) in [5, 5.41) is -0.414. The summed E-state index contributed by atoms with van der Waals surface area (Å²) in [6, 6.07) is 5.54. The number of rotatable bonds is 2. The van der Waals surface area contributed by atoms with Crippen molar-refractivity contribution in [2.45, 2.75) is 19.8 Å². The maximum absolute atomic E-state index is 10.9. The van der Waals surface area contributed by atoms with Crippen molar-refractivity contribution in [3.63, 3.8) is 0 Å². The van der Waals surface area contributed by atoms with Gasteiger partial charge in [0, 0.05) is 10.0 Å². The first-order valence-corrected chi connectivity index (χ1v) is 5.18. The summed E-state index contributed by atoms with van der Waals surface area (Å²) in [5.41, 5.74) is 1.65. The van der Waals surface area contributed by atoms with Gasteiger partial charge in [-0.25, -0.2) is 0 Å². The van der Waals surface area contributed by atoms with Gasteiger partial charge in [0.15, 0.2) is 0 Å². The van der Waals surface area contributed by atoms with Gasteiger partial charge >= 0.3 is 0 Å². The SMILES string of the molecule is CC(C)c1cc(Br)cc(C(=O)Cl)c1. The summed E-state index contributed by atoms with van der Waals surface area (Å²) in [4.78, 5) is 10.9. The maximum atomic E-state index is 10.9. The Hall–Kier alpha value is -0.340. The van der Waals surface area contributed by atoms with Crippen LogP contribution in [0.1, 0.15) is 35.7 Å². The van der Waals surface area contributed by atoms with Gasteiger partial charge in [0.05, 0.1) is 0 Å². The van der Waals surface area contributed by atoms with Gasteiger partial charge in [-0.3, -0.25) is 4.79 Å². The van der Waals surface area contributed by atoms with Crippen molar-refractivity contribution in [3.8, 4) is 0 Å². The maximum Gasteiger partial charge on any atom is 0.252 e. The van der Waals surface area contributed by atoms with Gasteiger partial charge in [0.1, 0.15) is 0 Å². The summed E-state index contributed by atoms with van der Waals surface area (Å²) in [6.45, 7) is 4.15. The molecule has 0 spiro atoms. The van der Waals surface area contributed by atoms with Crippen LogP contribution in [0.15, 0.2) is 22.7 Å². The summed E-state index contributed by atoms with van der Waals surface area (Å²) >= 11 is 8.73. The van der Waals surface area contributed by atoms with Crippen molar-refractivity contribution in [2.24, 2.45) is 0 Å². The Morgan fingerprint density at radius 3 is 2.46 bits per heavy atom. The van der Waals surface area contributed by atoms with Crippen molar-refractivity contribution >= 4 is 32.8 Å². The molecule has 0 saturated heterocycles. The molecule has 1 aromatic rings. The Kier molecular flexibility index (Phi) is 3.51. The molecule has 0 fully saturated rings. The van der Waals surface area contributed by atoms with Crippen molar-refractivity contribution in [3.05, 3.63) is 33.8 Å². The summed E-state index contributed by atoms with van der Waals surface area (Å²) in [7, 11) is 0. The predicted molar refractivity (Wildman–Crippen MR) is 58.4 cm³/mol.